The standard InChI is InChI=1S/C17H21FN2O3/c1-11(10-15(21)12-6-4-5-7-13(12)18)16(22)20(3)14-8-9-19(2)17(14)23/h4-7,11,14H,8-10H2,1-3H3. The molecule has 1 saturated heterocycles. The molecule has 1 aliphatic heterocycles. The molecule has 6 heteroatoms. The summed E-state index contributed by atoms with van der Waals surface area (Å²) in [5.74, 6) is -1.96. The average molecular weight is 320 g/mol. The summed E-state index contributed by atoms with van der Waals surface area (Å²) in [4.78, 5) is 39.6. The van der Waals surface area contributed by atoms with Gasteiger partial charge in [-0.1, -0.05) is 19.1 Å². The maximum absolute atomic E-state index is 13.6. The Bertz CT molecular complexity index is 632. The molecule has 5 nitrogen and oxygen atoms in total. The van der Waals surface area contributed by atoms with Gasteiger partial charge in [0.1, 0.15) is 11.9 Å². The number of benzene rings is 1. The fraction of sp³-hybridized carbons (Fsp3) is 0.471. The summed E-state index contributed by atoms with van der Waals surface area (Å²) in [6.07, 6.45) is 0.506. The molecule has 0 bridgehead atoms. The zero-order valence-electron chi connectivity index (χ0n) is 13.6. The number of carbonyl (C=O) groups is 3. The fourth-order valence-corrected chi connectivity index (χ4v) is 2.83. The summed E-state index contributed by atoms with van der Waals surface area (Å²) in [6.45, 7) is 2.24. The molecule has 0 N–H and O–H groups in total. The molecule has 1 aromatic rings. The Morgan fingerprint density at radius 3 is 2.61 bits per heavy atom. The first kappa shape index (κ1) is 17.1. The Balaban J connectivity index is 2.01. The number of ketones is 1. The maximum Gasteiger partial charge on any atom is 0.245 e. The van der Waals surface area contributed by atoms with E-state index < -0.39 is 23.6 Å². The average Bonchev–Trinajstić information content (AvgIpc) is 2.85. The quantitative estimate of drug-likeness (QED) is 0.776. The van der Waals surface area contributed by atoms with Crippen LogP contribution in [0.15, 0.2) is 24.3 Å². The van der Waals surface area contributed by atoms with E-state index >= 15 is 0 Å². The highest BCUT2D eigenvalue weighted by molar-refractivity contribution is 5.99. The molecular weight excluding hydrogens is 299 g/mol. The van der Waals surface area contributed by atoms with Crippen LogP contribution in [0.5, 0.6) is 0 Å². The Labute approximate surface area is 135 Å². The number of likely N-dealkylation sites (N-methyl/N-ethyl adjacent to an activating group) is 2. The first-order valence-corrected chi connectivity index (χ1v) is 7.62. The van der Waals surface area contributed by atoms with Crippen LogP contribution in [0.3, 0.4) is 0 Å². The zero-order chi connectivity index (χ0) is 17.1. The number of amides is 2. The normalized spacial score (nSPS) is 18.9. The summed E-state index contributed by atoms with van der Waals surface area (Å²) < 4.78 is 13.6. The van der Waals surface area contributed by atoms with Crippen molar-refractivity contribution in [1.82, 2.24) is 9.80 Å². The lowest BCUT2D eigenvalue weighted by Crippen LogP contribution is -2.44. The fourth-order valence-electron chi connectivity index (χ4n) is 2.83. The molecular formula is C17H21FN2O3. The van der Waals surface area contributed by atoms with Gasteiger partial charge in [-0.2, -0.15) is 0 Å². The smallest absolute Gasteiger partial charge is 0.245 e. The maximum atomic E-state index is 13.6. The van der Waals surface area contributed by atoms with Crippen molar-refractivity contribution < 1.29 is 18.8 Å². The molecule has 0 radical (unpaired) electrons. The topological polar surface area (TPSA) is 57.7 Å². The lowest BCUT2D eigenvalue weighted by molar-refractivity contribution is -0.142. The van der Waals surface area contributed by atoms with Gasteiger partial charge in [-0.05, 0) is 18.6 Å². The number of rotatable bonds is 5. The highest BCUT2D eigenvalue weighted by Crippen LogP contribution is 2.19. The van der Waals surface area contributed by atoms with Crippen LogP contribution in [0.25, 0.3) is 0 Å². The van der Waals surface area contributed by atoms with Crippen LogP contribution in [0.2, 0.25) is 0 Å². The number of hydrogen-bond donors (Lipinski definition) is 0. The summed E-state index contributed by atoms with van der Waals surface area (Å²) in [6, 6.07) is 5.25. The molecule has 1 heterocycles. The second-order valence-corrected chi connectivity index (χ2v) is 6.02. The molecule has 1 fully saturated rings. The first-order chi connectivity index (χ1) is 10.8. The van der Waals surface area contributed by atoms with E-state index in [2.05, 4.69) is 0 Å². The van der Waals surface area contributed by atoms with Gasteiger partial charge in [0.25, 0.3) is 0 Å². The molecule has 2 atom stereocenters. The minimum atomic E-state index is -0.606. The number of nitrogens with zero attached hydrogens (tertiary/aromatic N) is 2. The minimum Gasteiger partial charge on any atom is -0.344 e. The molecule has 0 aromatic heterocycles. The molecule has 2 amide bonds. The molecule has 1 aromatic carbocycles. The van der Waals surface area contributed by atoms with Gasteiger partial charge in [-0.25, -0.2) is 4.39 Å². The van der Waals surface area contributed by atoms with E-state index in [1.807, 2.05) is 0 Å². The molecule has 0 aliphatic carbocycles. The number of Topliss-reactive ketones (excluding diaryl/α,β-unsaturated/α-hetero) is 1. The van der Waals surface area contributed by atoms with Crippen molar-refractivity contribution in [3.05, 3.63) is 35.6 Å². The van der Waals surface area contributed by atoms with Gasteiger partial charge in [0.15, 0.2) is 5.78 Å². The number of halogens is 1. The third kappa shape index (κ3) is 3.57. The lowest BCUT2D eigenvalue weighted by Gasteiger charge is -2.26. The summed E-state index contributed by atoms with van der Waals surface area (Å²) in [5, 5.41) is 0. The van der Waals surface area contributed by atoms with Gasteiger partial charge in [-0.3, -0.25) is 14.4 Å². The van der Waals surface area contributed by atoms with Gasteiger partial charge in [0, 0.05) is 33.0 Å². The minimum absolute atomic E-state index is 0.00789. The van der Waals surface area contributed by atoms with Crippen molar-refractivity contribution in [1.29, 1.82) is 0 Å². The molecule has 124 valence electrons. The van der Waals surface area contributed by atoms with Crippen molar-refractivity contribution >= 4 is 17.6 Å². The molecule has 0 saturated carbocycles. The summed E-state index contributed by atoms with van der Waals surface area (Å²) in [7, 11) is 3.28. The van der Waals surface area contributed by atoms with E-state index in [0.717, 1.165) is 0 Å². The second-order valence-electron chi connectivity index (χ2n) is 6.02. The van der Waals surface area contributed by atoms with Crippen molar-refractivity contribution in [3.8, 4) is 0 Å². The largest absolute Gasteiger partial charge is 0.344 e. The number of carbonyl (C=O) groups excluding carboxylic acids is 3. The number of likely N-dealkylation sites (tertiary alicyclic amines) is 1. The van der Waals surface area contributed by atoms with Crippen LogP contribution in [0.4, 0.5) is 4.39 Å². The Morgan fingerprint density at radius 1 is 1.39 bits per heavy atom. The van der Waals surface area contributed by atoms with Crippen LogP contribution in [-0.4, -0.2) is 54.1 Å². The molecule has 1 aliphatic rings. The van der Waals surface area contributed by atoms with Crippen LogP contribution in [0, 0.1) is 11.7 Å². The van der Waals surface area contributed by atoms with Crippen molar-refractivity contribution in [3.63, 3.8) is 0 Å². The molecule has 23 heavy (non-hydrogen) atoms. The zero-order valence-corrected chi connectivity index (χ0v) is 13.6. The van der Waals surface area contributed by atoms with Crippen LogP contribution in [-0.2, 0) is 9.59 Å². The van der Waals surface area contributed by atoms with Crippen LogP contribution >= 0.6 is 0 Å². The van der Waals surface area contributed by atoms with E-state index in [4.69, 9.17) is 0 Å². The van der Waals surface area contributed by atoms with E-state index in [1.165, 1.54) is 23.1 Å². The lowest BCUT2D eigenvalue weighted by atomic mass is 9.97. The summed E-state index contributed by atoms with van der Waals surface area (Å²) >= 11 is 0. The Hall–Kier alpha value is -2.24. The van der Waals surface area contributed by atoms with Crippen LogP contribution < -0.4 is 0 Å². The van der Waals surface area contributed by atoms with Gasteiger partial charge in [0.2, 0.25) is 11.8 Å². The third-order valence-electron chi connectivity index (χ3n) is 4.30. The second kappa shape index (κ2) is 6.89. The Morgan fingerprint density at radius 2 is 2.04 bits per heavy atom. The predicted octanol–water partition coefficient (Wildman–Crippen LogP) is 1.72. The van der Waals surface area contributed by atoms with Crippen molar-refractivity contribution in [2.75, 3.05) is 20.6 Å². The van der Waals surface area contributed by atoms with Gasteiger partial charge in [-0.15, -0.1) is 0 Å². The summed E-state index contributed by atoms with van der Waals surface area (Å²) in [5.41, 5.74) is -0.00789. The Kier molecular flexibility index (Phi) is 5.13. The molecule has 2 unspecified atom stereocenters. The monoisotopic (exact) mass is 320 g/mol. The first-order valence-electron chi connectivity index (χ1n) is 7.62. The van der Waals surface area contributed by atoms with Gasteiger partial charge < -0.3 is 9.80 Å². The molecule has 0 spiro atoms. The van der Waals surface area contributed by atoms with E-state index in [-0.39, 0.29) is 23.8 Å². The highest BCUT2D eigenvalue weighted by Gasteiger charge is 2.36. The van der Waals surface area contributed by atoms with Crippen molar-refractivity contribution in [2.45, 2.75) is 25.8 Å². The highest BCUT2D eigenvalue weighted by atomic mass is 19.1. The van der Waals surface area contributed by atoms with Gasteiger partial charge >= 0.3 is 0 Å². The van der Waals surface area contributed by atoms with Crippen molar-refractivity contribution in [2.24, 2.45) is 5.92 Å². The van der Waals surface area contributed by atoms with E-state index in [0.29, 0.717) is 13.0 Å². The number of hydrogen-bond acceptors (Lipinski definition) is 3. The van der Waals surface area contributed by atoms with E-state index in [1.54, 1.807) is 32.0 Å². The third-order valence-corrected chi connectivity index (χ3v) is 4.30. The van der Waals surface area contributed by atoms with Gasteiger partial charge in [0.05, 0.1) is 5.56 Å². The van der Waals surface area contributed by atoms with Crippen LogP contribution in [0.1, 0.15) is 30.1 Å². The van der Waals surface area contributed by atoms with E-state index in [9.17, 15) is 18.8 Å². The predicted molar refractivity (Wildman–Crippen MR) is 83.3 cm³/mol. The molecule has 2 rings (SSSR count). The SMILES string of the molecule is CC(CC(=O)c1ccccc1F)C(=O)N(C)C1CCN(C)C1=O.